The third-order valence-electron chi connectivity index (χ3n) is 3.61. The van der Waals surface area contributed by atoms with Gasteiger partial charge in [0.2, 0.25) is 0 Å². The van der Waals surface area contributed by atoms with Crippen molar-refractivity contribution in [2.45, 2.75) is 64.6 Å². The second-order valence-electron chi connectivity index (χ2n) is 5.81. The highest BCUT2D eigenvalue weighted by atomic mass is 28.4. The Hall–Kier alpha value is -0.723. The Morgan fingerprint density at radius 1 is 1.05 bits per heavy atom. The van der Waals surface area contributed by atoms with Crippen molar-refractivity contribution in [2.24, 2.45) is 0 Å². The van der Waals surface area contributed by atoms with Gasteiger partial charge in [0.25, 0.3) is 8.32 Å². The van der Waals surface area contributed by atoms with Crippen molar-refractivity contribution in [3.63, 3.8) is 0 Å². The molecule has 0 heterocycles. The topological polar surface area (TPSA) is 18.5 Å². The molecule has 19 heavy (non-hydrogen) atoms. The van der Waals surface area contributed by atoms with E-state index < -0.39 is 8.32 Å². The van der Waals surface area contributed by atoms with Crippen LogP contribution in [-0.4, -0.2) is 21.5 Å². The predicted octanol–water partition coefficient (Wildman–Crippen LogP) is 4.73. The molecule has 0 aliphatic rings. The van der Waals surface area contributed by atoms with E-state index in [4.69, 9.17) is 9.16 Å². The molecule has 0 spiro atoms. The molecule has 0 rings (SSSR count). The molecule has 0 aliphatic carbocycles. The van der Waals surface area contributed by atoms with Gasteiger partial charge in [0.1, 0.15) is 0 Å². The highest BCUT2D eigenvalue weighted by molar-refractivity contribution is 6.77. The van der Waals surface area contributed by atoms with Crippen LogP contribution in [0, 0.1) is 12.0 Å². The van der Waals surface area contributed by atoms with Gasteiger partial charge in [0.05, 0.1) is 19.3 Å². The summed E-state index contributed by atoms with van der Waals surface area (Å²) in [5.74, 6) is 3.07. The quantitative estimate of drug-likeness (QED) is 0.277. The minimum Gasteiger partial charge on any atom is -0.500 e. The van der Waals surface area contributed by atoms with Gasteiger partial charge in [-0.2, -0.15) is 0 Å². The molecule has 0 atom stereocenters. The van der Waals surface area contributed by atoms with Crippen molar-refractivity contribution < 1.29 is 9.16 Å². The summed E-state index contributed by atoms with van der Waals surface area (Å²) in [6.45, 7) is 18.4. The maximum Gasteiger partial charge on any atom is 0.272 e. The standard InChI is InChI=1S/C16H30O2Si/c1-8-11-17-12-9-10-13-18-19(14(2)3,15(4)5)16(6)7/h8,14-16H,1,9,11-12H2,2-7H3. The van der Waals surface area contributed by atoms with Crippen LogP contribution in [0.1, 0.15) is 48.0 Å². The lowest BCUT2D eigenvalue weighted by molar-refractivity contribution is 0.169. The van der Waals surface area contributed by atoms with E-state index in [2.05, 4.69) is 60.1 Å². The van der Waals surface area contributed by atoms with Gasteiger partial charge < -0.3 is 9.16 Å². The SMILES string of the molecule is C=CCOCCC#CO[Si](C(C)C)(C(C)C)C(C)C. The largest absolute Gasteiger partial charge is 0.500 e. The molecular weight excluding hydrogens is 252 g/mol. The van der Waals surface area contributed by atoms with E-state index in [1.807, 2.05) is 0 Å². The lowest BCUT2D eigenvalue weighted by atomic mass is 10.5. The van der Waals surface area contributed by atoms with Crippen molar-refractivity contribution in [3.8, 4) is 12.0 Å². The molecule has 0 fully saturated rings. The summed E-state index contributed by atoms with van der Waals surface area (Å²) in [5, 5.41) is 0. The van der Waals surface area contributed by atoms with Gasteiger partial charge in [-0.15, -0.1) is 6.58 Å². The first-order chi connectivity index (χ1) is 8.89. The van der Waals surface area contributed by atoms with E-state index in [9.17, 15) is 0 Å². The maximum atomic E-state index is 6.12. The monoisotopic (exact) mass is 282 g/mol. The van der Waals surface area contributed by atoms with E-state index in [0.29, 0.717) is 36.3 Å². The van der Waals surface area contributed by atoms with Crippen molar-refractivity contribution in [1.29, 1.82) is 0 Å². The van der Waals surface area contributed by atoms with E-state index in [0.717, 1.165) is 0 Å². The fourth-order valence-corrected chi connectivity index (χ4v) is 7.77. The Morgan fingerprint density at radius 3 is 2.00 bits per heavy atom. The van der Waals surface area contributed by atoms with E-state index >= 15 is 0 Å². The Kier molecular flexibility index (Phi) is 8.87. The van der Waals surface area contributed by atoms with Crippen molar-refractivity contribution >= 4 is 8.32 Å². The van der Waals surface area contributed by atoms with Crippen LogP contribution in [0.2, 0.25) is 16.6 Å². The fraction of sp³-hybridized carbons (Fsp3) is 0.750. The van der Waals surface area contributed by atoms with Crippen LogP contribution in [0.15, 0.2) is 12.7 Å². The van der Waals surface area contributed by atoms with Crippen LogP contribution >= 0.6 is 0 Å². The Morgan fingerprint density at radius 2 is 1.58 bits per heavy atom. The lowest BCUT2D eigenvalue weighted by Crippen LogP contribution is -2.46. The highest BCUT2D eigenvalue weighted by Crippen LogP contribution is 2.41. The van der Waals surface area contributed by atoms with Crippen molar-refractivity contribution in [3.05, 3.63) is 12.7 Å². The minimum absolute atomic E-state index is 0.568. The molecule has 0 unspecified atom stereocenters. The summed E-state index contributed by atoms with van der Waals surface area (Å²) < 4.78 is 11.4. The molecule has 0 saturated heterocycles. The van der Waals surface area contributed by atoms with Gasteiger partial charge in [-0.05, 0) is 16.6 Å². The summed E-state index contributed by atoms with van der Waals surface area (Å²) in [5.41, 5.74) is 1.71. The first kappa shape index (κ1) is 18.3. The molecule has 0 aromatic carbocycles. The maximum absolute atomic E-state index is 6.12. The van der Waals surface area contributed by atoms with Gasteiger partial charge in [0, 0.05) is 6.42 Å². The van der Waals surface area contributed by atoms with Crippen LogP contribution in [0.4, 0.5) is 0 Å². The highest BCUT2D eigenvalue weighted by Gasteiger charge is 2.46. The third kappa shape index (κ3) is 5.42. The predicted molar refractivity (Wildman–Crippen MR) is 85.5 cm³/mol. The zero-order chi connectivity index (χ0) is 14.9. The number of hydrogen-bond acceptors (Lipinski definition) is 2. The fourth-order valence-electron chi connectivity index (χ4n) is 2.82. The summed E-state index contributed by atoms with van der Waals surface area (Å²) in [6, 6.07) is 0. The number of hydrogen-bond donors (Lipinski definition) is 0. The molecule has 0 radical (unpaired) electrons. The van der Waals surface area contributed by atoms with Gasteiger partial charge in [0.15, 0.2) is 0 Å². The van der Waals surface area contributed by atoms with Gasteiger partial charge in [-0.3, -0.25) is 0 Å². The molecule has 0 aliphatic heterocycles. The van der Waals surface area contributed by atoms with Crippen LogP contribution < -0.4 is 0 Å². The van der Waals surface area contributed by atoms with Crippen molar-refractivity contribution in [1.82, 2.24) is 0 Å². The molecule has 0 N–H and O–H groups in total. The zero-order valence-electron chi connectivity index (χ0n) is 13.5. The number of ether oxygens (including phenoxy) is 1. The zero-order valence-corrected chi connectivity index (χ0v) is 14.5. The summed E-state index contributed by atoms with van der Waals surface area (Å²) in [6.07, 6.45) is 5.42. The average Bonchev–Trinajstić information content (AvgIpc) is 2.31. The summed E-state index contributed by atoms with van der Waals surface area (Å²) in [7, 11) is -1.83. The molecule has 0 bridgehead atoms. The summed E-state index contributed by atoms with van der Waals surface area (Å²) in [4.78, 5) is 0. The molecule has 0 aromatic rings. The first-order valence-electron chi connectivity index (χ1n) is 7.24. The molecule has 110 valence electrons. The molecule has 3 heteroatoms. The van der Waals surface area contributed by atoms with Crippen molar-refractivity contribution in [2.75, 3.05) is 13.2 Å². The van der Waals surface area contributed by atoms with Crippen LogP contribution in [0.5, 0.6) is 0 Å². The van der Waals surface area contributed by atoms with Gasteiger partial charge in [-0.25, -0.2) is 0 Å². The molecule has 0 amide bonds. The Labute approximate surface area is 120 Å². The summed E-state index contributed by atoms with van der Waals surface area (Å²) >= 11 is 0. The van der Waals surface area contributed by atoms with E-state index in [-0.39, 0.29) is 0 Å². The van der Waals surface area contributed by atoms with Crippen LogP contribution in [0.3, 0.4) is 0 Å². The second-order valence-corrected chi connectivity index (χ2v) is 11.2. The normalized spacial score (nSPS) is 11.6. The van der Waals surface area contributed by atoms with Crippen LogP contribution in [0.25, 0.3) is 0 Å². The van der Waals surface area contributed by atoms with Gasteiger partial charge >= 0.3 is 0 Å². The van der Waals surface area contributed by atoms with Crippen LogP contribution in [-0.2, 0) is 9.16 Å². The third-order valence-corrected chi connectivity index (χ3v) is 9.48. The molecular formula is C16H30O2Si. The second kappa shape index (κ2) is 9.22. The van der Waals surface area contributed by atoms with E-state index in [1.165, 1.54) is 0 Å². The lowest BCUT2D eigenvalue weighted by Gasteiger charge is -2.39. The first-order valence-corrected chi connectivity index (χ1v) is 9.38. The van der Waals surface area contributed by atoms with E-state index in [1.54, 1.807) is 6.08 Å². The minimum atomic E-state index is -1.83. The Bertz CT molecular complexity index is 289. The van der Waals surface area contributed by atoms with Gasteiger partial charge in [-0.1, -0.05) is 53.5 Å². The molecule has 0 saturated carbocycles. The smallest absolute Gasteiger partial charge is 0.272 e. The molecule has 0 aromatic heterocycles. The average molecular weight is 283 g/mol. The number of rotatable bonds is 8. The Balaban J connectivity index is 4.51. The molecule has 2 nitrogen and oxygen atoms in total.